The van der Waals surface area contributed by atoms with Crippen molar-refractivity contribution in [3.63, 3.8) is 0 Å². The van der Waals surface area contributed by atoms with Crippen LogP contribution in [-0.2, 0) is 4.74 Å². The van der Waals surface area contributed by atoms with Crippen molar-refractivity contribution >= 4 is 0 Å². The lowest BCUT2D eigenvalue weighted by Crippen LogP contribution is -2.33. The van der Waals surface area contributed by atoms with Crippen LogP contribution in [0, 0.1) is 0 Å². The van der Waals surface area contributed by atoms with E-state index in [0.717, 1.165) is 19.4 Å². The molecule has 0 spiro atoms. The van der Waals surface area contributed by atoms with Crippen molar-refractivity contribution in [2.75, 3.05) is 6.61 Å². The van der Waals surface area contributed by atoms with Crippen LogP contribution in [-0.4, -0.2) is 18.8 Å². The molecule has 54 valence electrons. The SMILES string of the molecule is CC[C@H](N)C1CCCO1. The molecule has 2 nitrogen and oxygen atoms in total. The molecule has 1 fully saturated rings. The fraction of sp³-hybridized carbons (Fsp3) is 1.00. The van der Waals surface area contributed by atoms with E-state index in [9.17, 15) is 0 Å². The van der Waals surface area contributed by atoms with E-state index in [4.69, 9.17) is 10.5 Å². The minimum Gasteiger partial charge on any atom is -0.377 e. The Morgan fingerprint density at radius 1 is 1.78 bits per heavy atom. The summed E-state index contributed by atoms with van der Waals surface area (Å²) in [5.41, 5.74) is 5.75. The molecule has 0 aromatic heterocycles. The van der Waals surface area contributed by atoms with Crippen LogP contribution in [0.4, 0.5) is 0 Å². The normalized spacial score (nSPS) is 30.7. The predicted molar refractivity (Wildman–Crippen MR) is 37.2 cm³/mol. The van der Waals surface area contributed by atoms with Crippen LogP contribution in [0.3, 0.4) is 0 Å². The van der Waals surface area contributed by atoms with E-state index in [1.165, 1.54) is 6.42 Å². The van der Waals surface area contributed by atoms with Gasteiger partial charge in [0.25, 0.3) is 0 Å². The van der Waals surface area contributed by atoms with Gasteiger partial charge in [-0.15, -0.1) is 0 Å². The molecule has 9 heavy (non-hydrogen) atoms. The Labute approximate surface area is 56.4 Å². The van der Waals surface area contributed by atoms with E-state index < -0.39 is 0 Å². The lowest BCUT2D eigenvalue weighted by Gasteiger charge is -2.15. The van der Waals surface area contributed by atoms with Crippen LogP contribution in [0.25, 0.3) is 0 Å². The second kappa shape index (κ2) is 3.18. The van der Waals surface area contributed by atoms with Gasteiger partial charge in [-0.3, -0.25) is 0 Å². The largest absolute Gasteiger partial charge is 0.377 e. The zero-order valence-electron chi connectivity index (χ0n) is 5.97. The second-order valence-electron chi connectivity index (χ2n) is 2.62. The molecule has 0 aliphatic carbocycles. The van der Waals surface area contributed by atoms with Crippen molar-refractivity contribution in [3.05, 3.63) is 0 Å². The zero-order valence-corrected chi connectivity index (χ0v) is 5.97. The summed E-state index contributed by atoms with van der Waals surface area (Å²) in [6.07, 6.45) is 3.74. The first-order valence-corrected chi connectivity index (χ1v) is 3.71. The molecule has 0 amide bonds. The molecule has 0 aromatic carbocycles. The maximum absolute atomic E-state index is 5.75. The van der Waals surface area contributed by atoms with Gasteiger partial charge in [0.1, 0.15) is 0 Å². The predicted octanol–water partition coefficient (Wildman–Crippen LogP) is 0.903. The van der Waals surface area contributed by atoms with Gasteiger partial charge in [-0.1, -0.05) is 6.92 Å². The van der Waals surface area contributed by atoms with Gasteiger partial charge < -0.3 is 10.5 Å². The summed E-state index contributed by atoms with van der Waals surface area (Å²) in [7, 11) is 0. The molecule has 1 rings (SSSR count). The van der Waals surface area contributed by atoms with Gasteiger partial charge in [-0.2, -0.15) is 0 Å². The lowest BCUT2D eigenvalue weighted by atomic mass is 10.1. The van der Waals surface area contributed by atoms with Gasteiger partial charge in [-0.05, 0) is 19.3 Å². The molecular formula is C7H15NO. The summed E-state index contributed by atoms with van der Waals surface area (Å²) in [6, 6.07) is 0.271. The molecule has 1 aliphatic heterocycles. The first-order chi connectivity index (χ1) is 4.34. The Morgan fingerprint density at radius 3 is 3.00 bits per heavy atom. The molecule has 0 saturated carbocycles. The molecule has 2 N–H and O–H groups in total. The standard InChI is InChI=1S/C7H15NO/c1-2-6(8)7-4-3-5-9-7/h6-7H,2-5,8H2,1H3/t6-,7?/m0/s1. The van der Waals surface area contributed by atoms with E-state index in [1.807, 2.05) is 0 Å². The Hall–Kier alpha value is -0.0800. The molecule has 0 bridgehead atoms. The molecule has 2 atom stereocenters. The third-order valence-corrected chi connectivity index (χ3v) is 1.91. The highest BCUT2D eigenvalue weighted by Gasteiger charge is 2.20. The maximum atomic E-state index is 5.75. The second-order valence-corrected chi connectivity index (χ2v) is 2.62. The summed E-state index contributed by atoms with van der Waals surface area (Å²) in [6.45, 7) is 3.02. The molecule has 1 heterocycles. The fourth-order valence-corrected chi connectivity index (χ4v) is 1.20. The van der Waals surface area contributed by atoms with Gasteiger partial charge in [0.15, 0.2) is 0 Å². The summed E-state index contributed by atoms with van der Waals surface area (Å²) >= 11 is 0. The number of nitrogens with two attached hydrogens (primary N) is 1. The smallest absolute Gasteiger partial charge is 0.0726 e. The molecule has 0 radical (unpaired) electrons. The first kappa shape index (κ1) is 7.03. The molecular weight excluding hydrogens is 114 g/mol. The van der Waals surface area contributed by atoms with Gasteiger partial charge >= 0.3 is 0 Å². The van der Waals surface area contributed by atoms with Gasteiger partial charge in [-0.25, -0.2) is 0 Å². The highest BCUT2D eigenvalue weighted by Crippen LogP contribution is 2.15. The summed E-state index contributed by atoms with van der Waals surface area (Å²) < 4.78 is 5.38. The van der Waals surface area contributed by atoms with Crippen molar-refractivity contribution < 1.29 is 4.74 Å². The number of ether oxygens (including phenoxy) is 1. The van der Waals surface area contributed by atoms with E-state index >= 15 is 0 Å². The van der Waals surface area contributed by atoms with Crippen LogP contribution in [0.1, 0.15) is 26.2 Å². The van der Waals surface area contributed by atoms with Gasteiger partial charge in [0.05, 0.1) is 6.10 Å². The Bertz CT molecular complexity index is 79.0. The van der Waals surface area contributed by atoms with Crippen LogP contribution in [0.15, 0.2) is 0 Å². The van der Waals surface area contributed by atoms with Gasteiger partial charge in [0.2, 0.25) is 0 Å². The highest BCUT2D eigenvalue weighted by atomic mass is 16.5. The minimum absolute atomic E-state index is 0.271. The number of hydrogen-bond acceptors (Lipinski definition) is 2. The third-order valence-electron chi connectivity index (χ3n) is 1.91. The van der Waals surface area contributed by atoms with Crippen LogP contribution in [0.5, 0.6) is 0 Å². The molecule has 0 aromatic rings. The summed E-state index contributed by atoms with van der Waals surface area (Å²) in [5.74, 6) is 0. The average molecular weight is 129 g/mol. The van der Waals surface area contributed by atoms with Crippen molar-refractivity contribution in [2.24, 2.45) is 5.73 Å². The average Bonchev–Trinajstić information content (AvgIpc) is 2.37. The zero-order chi connectivity index (χ0) is 6.69. The van der Waals surface area contributed by atoms with E-state index in [1.54, 1.807) is 0 Å². The monoisotopic (exact) mass is 129 g/mol. The van der Waals surface area contributed by atoms with Crippen molar-refractivity contribution in [3.8, 4) is 0 Å². The fourth-order valence-electron chi connectivity index (χ4n) is 1.20. The molecule has 1 saturated heterocycles. The minimum atomic E-state index is 0.271. The van der Waals surface area contributed by atoms with Crippen molar-refractivity contribution in [1.82, 2.24) is 0 Å². The van der Waals surface area contributed by atoms with Crippen LogP contribution in [0.2, 0.25) is 0 Å². The lowest BCUT2D eigenvalue weighted by molar-refractivity contribution is 0.0889. The van der Waals surface area contributed by atoms with Gasteiger partial charge in [0, 0.05) is 12.6 Å². The Balaban J connectivity index is 2.24. The summed E-state index contributed by atoms with van der Waals surface area (Å²) in [5, 5.41) is 0. The van der Waals surface area contributed by atoms with Crippen LogP contribution < -0.4 is 5.73 Å². The highest BCUT2D eigenvalue weighted by molar-refractivity contribution is 4.75. The molecule has 1 aliphatic rings. The quantitative estimate of drug-likeness (QED) is 0.601. The Kier molecular flexibility index (Phi) is 2.49. The van der Waals surface area contributed by atoms with Crippen molar-refractivity contribution in [1.29, 1.82) is 0 Å². The maximum Gasteiger partial charge on any atom is 0.0726 e. The first-order valence-electron chi connectivity index (χ1n) is 3.71. The number of hydrogen-bond donors (Lipinski definition) is 1. The van der Waals surface area contributed by atoms with E-state index in [0.29, 0.717) is 6.10 Å². The van der Waals surface area contributed by atoms with Crippen LogP contribution >= 0.6 is 0 Å². The van der Waals surface area contributed by atoms with E-state index in [2.05, 4.69) is 6.92 Å². The van der Waals surface area contributed by atoms with E-state index in [-0.39, 0.29) is 6.04 Å². The Morgan fingerprint density at radius 2 is 2.56 bits per heavy atom. The molecule has 1 unspecified atom stereocenters. The third kappa shape index (κ3) is 1.66. The molecule has 2 heteroatoms. The number of rotatable bonds is 2. The topological polar surface area (TPSA) is 35.2 Å². The summed E-state index contributed by atoms with van der Waals surface area (Å²) in [4.78, 5) is 0. The van der Waals surface area contributed by atoms with Crippen molar-refractivity contribution in [2.45, 2.75) is 38.3 Å².